The molecule has 0 aliphatic rings. The molecule has 4 nitrogen and oxygen atoms in total. The van der Waals surface area contributed by atoms with Crippen LogP contribution in [0.25, 0.3) is 11.3 Å². The summed E-state index contributed by atoms with van der Waals surface area (Å²) >= 11 is 0. The number of rotatable bonds is 4. The number of amides is 1. The van der Waals surface area contributed by atoms with Crippen LogP contribution in [0.2, 0.25) is 0 Å². The zero-order chi connectivity index (χ0) is 17.1. The van der Waals surface area contributed by atoms with E-state index >= 15 is 0 Å². The molecular formula is C20H17NO3. The molecule has 0 saturated heterocycles. The molecule has 1 amide bonds. The zero-order valence-electron chi connectivity index (χ0n) is 13.5. The Kier molecular flexibility index (Phi) is 4.29. The fraction of sp³-hybridized carbons (Fsp3) is 0.100. The molecule has 0 aliphatic carbocycles. The van der Waals surface area contributed by atoms with Crippen LogP contribution in [0.3, 0.4) is 0 Å². The van der Waals surface area contributed by atoms with Crippen molar-refractivity contribution in [3.63, 3.8) is 0 Å². The van der Waals surface area contributed by atoms with Gasteiger partial charge < -0.3 is 9.73 Å². The molecule has 0 atom stereocenters. The maximum Gasteiger partial charge on any atom is 0.256 e. The van der Waals surface area contributed by atoms with Gasteiger partial charge in [0.2, 0.25) is 0 Å². The quantitative estimate of drug-likeness (QED) is 0.713. The Labute approximate surface area is 140 Å². The highest BCUT2D eigenvalue weighted by atomic mass is 16.3. The molecule has 0 radical (unpaired) electrons. The fourth-order valence-electron chi connectivity index (χ4n) is 2.70. The predicted molar refractivity (Wildman–Crippen MR) is 93.4 cm³/mol. The third-order valence-corrected chi connectivity index (χ3v) is 3.66. The minimum atomic E-state index is -0.223. The summed E-state index contributed by atoms with van der Waals surface area (Å²) < 4.78 is 5.45. The third kappa shape index (κ3) is 3.27. The molecule has 1 N–H and O–H groups in total. The maximum atomic E-state index is 12.7. The van der Waals surface area contributed by atoms with E-state index in [-0.39, 0.29) is 11.7 Å². The number of hydrogen-bond donors (Lipinski definition) is 1. The van der Waals surface area contributed by atoms with Crippen molar-refractivity contribution in [1.29, 1.82) is 0 Å². The Morgan fingerprint density at radius 2 is 1.71 bits per heavy atom. The Bertz CT molecular complexity index is 889. The van der Waals surface area contributed by atoms with Gasteiger partial charge in [-0.05, 0) is 55.3 Å². The number of nitrogens with one attached hydrogen (secondary N) is 1. The molecule has 0 unspecified atom stereocenters. The Balaban J connectivity index is 1.94. The molecule has 0 spiro atoms. The van der Waals surface area contributed by atoms with Gasteiger partial charge in [-0.25, -0.2) is 0 Å². The van der Waals surface area contributed by atoms with Gasteiger partial charge >= 0.3 is 0 Å². The monoisotopic (exact) mass is 319 g/mol. The van der Waals surface area contributed by atoms with Crippen molar-refractivity contribution in [1.82, 2.24) is 0 Å². The van der Waals surface area contributed by atoms with Gasteiger partial charge in [-0.15, -0.1) is 0 Å². The van der Waals surface area contributed by atoms with E-state index in [2.05, 4.69) is 5.32 Å². The lowest BCUT2D eigenvalue weighted by atomic mass is 10.0. The lowest BCUT2D eigenvalue weighted by molar-refractivity contribution is 0.102. The second-order valence-electron chi connectivity index (χ2n) is 5.70. The van der Waals surface area contributed by atoms with Crippen molar-refractivity contribution in [2.24, 2.45) is 0 Å². The van der Waals surface area contributed by atoms with E-state index in [0.29, 0.717) is 23.2 Å². The van der Waals surface area contributed by atoms with Crippen molar-refractivity contribution in [2.75, 3.05) is 5.32 Å². The lowest BCUT2D eigenvalue weighted by Gasteiger charge is -2.10. The first-order chi connectivity index (χ1) is 11.6. The zero-order valence-corrected chi connectivity index (χ0v) is 13.5. The van der Waals surface area contributed by atoms with Crippen LogP contribution in [0, 0.1) is 13.8 Å². The summed E-state index contributed by atoms with van der Waals surface area (Å²) in [5, 5.41) is 2.92. The number of carbonyl (C=O) groups excluding carboxylic acids is 2. The molecule has 3 rings (SSSR count). The Hall–Kier alpha value is -3.14. The molecule has 1 aromatic heterocycles. The van der Waals surface area contributed by atoms with Crippen LogP contribution < -0.4 is 5.32 Å². The maximum absolute atomic E-state index is 12.7. The number of anilines is 1. The molecule has 2 aromatic carbocycles. The van der Waals surface area contributed by atoms with Crippen molar-refractivity contribution in [2.45, 2.75) is 13.8 Å². The van der Waals surface area contributed by atoms with Crippen LogP contribution >= 0.6 is 0 Å². The van der Waals surface area contributed by atoms with Crippen LogP contribution in [-0.4, -0.2) is 12.2 Å². The molecule has 0 bridgehead atoms. The van der Waals surface area contributed by atoms with Crippen LogP contribution in [0.5, 0.6) is 0 Å². The standard InChI is InChI=1S/C20H17NO3/c1-13-9-14(2)11-15(10-13)21-20(23)18-6-4-3-5-17(18)19-8-7-16(12-22)24-19/h3-12H,1-2H3,(H,21,23). The topological polar surface area (TPSA) is 59.3 Å². The van der Waals surface area contributed by atoms with E-state index in [4.69, 9.17) is 4.42 Å². The number of hydrogen-bond acceptors (Lipinski definition) is 3. The summed E-state index contributed by atoms with van der Waals surface area (Å²) in [5.41, 5.74) is 4.05. The van der Waals surface area contributed by atoms with E-state index in [1.165, 1.54) is 0 Å². The van der Waals surface area contributed by atoms with E-state index in [1.54, 1.807) is 30.3 Å². The van der Waals surface area contributed by atoms with E-state index in [9.17, 15) is 9.59 Å². The highest BCUT2D eigenvalue weighted by Gasteiger charge is 2.15. The molecule has 0 aliphatic heterocycles. The first-order valence-corrected chi connectivity index (χ1v) is 7.61. The fourth-order valence-corrected chi connectivity index (χ4v) is 2.70. The first-order valence-electron chi connectivity index (χ1n) is 7.61. The summed E-state index contributed by atoms with van der Waals surface area (Å²) in [6.45, 7) is 3.97. The van der Waals surface area contributed by atoms with E-state index in [0.717, 1.165) is 16.8 Å². The molecule has 1 heterocycles. The Morgan fingerprint density at radius 1 is 1.00 bits per heavy atom. The van der Waals surface area contributed by atoms with Crippen LogP contribution in [0.4, 0.5) is 5.69 Å². The van der Waals surface area contributed by atoms with Gasteiger partial charge in [-0.2, -0.15) is 0 Å². The van der Waals surface area contributed by atoms with Gasteiger partial charge in [0.25, 0.3) is 5.91 Å². The molecule has 120 valence electrons. The van der Waals surface area contributed by atoms with Gasteiger partial charge in [0.1, 0.15) is 5.76 Å². The molecule has 4 heteroatoms. The summed E-state index contributed by atoms with van der Waals surface area (Å²) in [6.07, 6.45) is 0.641. The average molecular weight is 319 g/mol. The summed E-state index contributed by atoms with van der Waals surface area (Å²) in [4.78, 5) is 23.5. The van der Waals surface area contributed by atoms with Crippen LogP contribution in [0.1, 0.15) is 32.0 Å². The van der Waals surface area contributed by atoms with Crippen molar-refractivity contribution in [3.8, 4) is 11.3 Å². The van der Waals surface area contributed by atoms with Gasteiger partial charge in [0, 0.05) is 11.3 Å². The van der Waals surface area contributed by atoms with E-state index in [1.807, 2.05) is 38.1 Å². The molecule has 0 saturated carbocycles. The molecule has 24 heavy (non-hydrogen) atoms. The Morgan fingerprint density at radius 3 is 2.38 bits per heavy atom. The summed E-state index contributed by atoms with van der Waals surface area (Å²) in [5.74, 6) is 0.498. The SMILES string of the molecule is Cc1cc(C)cc(NC(=O)c2ccccc2-c2ccc(C=O)o2)c1. The number of aldehydes is 1. The summed E-state index contributed by atoms with van der Waals surface area (Å²) in [6, 6.07) is 16.3. The molecular weight excluding hydrogens is 302 g/mol. The number of aryl methyl sites for hydroxylation is 2. The minimum Gasteiger partial charge on any atom is -0.453 e. The van der Waals surface area contributed by atoms with Crippen molar-refractivity contribution >= 4 is 17.9 Å². The number of carbonyl (C=O) groups is 2. The normalized spacial score (nSPS) is 10.4. The predicted octanol–water partition coefficient (Wildman–Crippen LogP) is 4.63. The lowest BCUT2D eigenvalue weighted by Crippen LogP contribution is -2.13. The smallest absolute Gasteiger partial charge is 0.256 e. The minimum absolute atomic E-state index is 0.223. The van der Waals surface area contributed by atoms with Gasteiger partial charge in [-0.3, -0.25) is 9.59 Å². The van der Waals surface area contributed by atoms with Crippen molar-refractivity contribution in [3.05, 3.63) is 77.0 Å². The van der Waals surface area contributed by atoms with Crippen LogP contribution in [0.15, 0.2) is 59.0 Å². The number of furan rings is 1. The molecule has 3 aromatic rings. The highest BCUT2D eigenvalue weighted by Crippen LogP contribution is 2.26. The van der Waals surface area contributed by atoms with Gasteiger partial charge in [0.15, 0.2) is 12.0 Å². The first kappa shape index (κ1) is 15.7. The second-order valence-corrected chi connectivity index (χ2v) is 5.70. The largest absolute Gasteiger partial charge is 0.453 e. The average Bonchev–Trinajstić information content (AvgIpc) is 3.03. The van der Waals surface area contributed by atoms with Crippen LogP contribution in [-0.2, 0) is 0 Å². The van der Waals surface area contributed by atoms with Crippen molar-refractivity contribution < 1.29 is 14.0 Å². The van der Waals surface area contributed by atoms with E-state index < -0.39 is 0 Å². The highest BCUT2D eigenvalue weighted by molar-refractivity contribution is 6.08. The van der Waals surface area contributed by atoms with Gasteiger partial charge in [-0.1, -0.05) is 24.3 Å². The third-order valence-electron chi connectivity index (χ3n) is 3.66. The number of benzene rings is 2. The summed E-state index contributed by atoms with van der Waals surface area (Å²) in [7, 11) is 0. The van der Waals surface area contributed by atoms with Gasteiger partial charge in [0.05, 0.1) is 5.56 Å². The molecule has 0 fully saturated rings. The second kappa shape index (κ2) is 6.54.